The molecule has 0 unspecified atom stereocenters. The molecular weight excluding hydrogens is 328 g/mol. The number of nitrogens with zero attached hydrogens (tertiary/aromatic N) is 2. The first-order valence-corrected chi connectivity index (χ1v) is 9.07. The van der Waals surface area contributed by atoms with Gasteiger partial charge in [-0.15, -0.1) is 0 Å². The summed E-state index contributed by atoms with van der Waals surface area (Å²) in [6.45, 7) is 5.51. The average molecular weight is 351 g/mol. The number of rotatable bonds is 8. The Balaban J connectivity index is 2.10. The van der Waals surface area contributed by atoms with Crippen LogP contribution in [0.15, 0.2) is 29.3 Å². The van der Waals surface area contributed by atoms with Gasteiger partial charge in [-0.2, -0.15) is 0 Å². The Morgan fingerprint density at radius 1 is 1.26 bits per heavy atom. The summed E-state index contributed by atoms with van der Waals surface area (Å²) >= 11 is 6.71. The van der Waals surface area contributed by atoms with E-state index in [0.29, 0.717) is 15.4 Å². The normalized spacial score (nSPS) is 11.2. The second-order valence-corrected chi connectivity index (χ2v) is 6.78. The molecule has 0 saturated carbocycles. The van der Waals surface area contributed by atoms with Gasteiger partial charge in [0, 0.05) is 6.54 Å². The number of aromatic hydroxyl groups is 1. The van der Waals surface area contributed by atoms with Gasteiger partial charge < -0.3 is 9.84 Å². The number of aliphatic imine (C=N–C) groups is 1. The number of aromatic nitrogens is 1. The van der Waals surface area contributed by atoms with Crippen molar-refractivity contribution < 1.29 is 9.84 Å². The van der Waals surface area contributed by atoms with E-state index in [4.69, 9.17) is 17.0 Å². The van der Waals surface area contributed by atoms with Crippen LogP contribution in [-0.2, 0) is 6.54 Å². The second kappa shape index (κ2) is 8.84. The maximum atomic E-state index is 10.3. The first-order chi connectivity index (χ1) is 11.2. The number of hydrogen-bond acceptors (Lipinski definition) is 5. The van der Waals surface area contributed by atoms with Crippen LogP contribution in [0.5, 0.6) is 11.6 Å². The highest BCUT2D eigenvalue weighted by molar-refractivity contribution is 7.73. The fourth-order valence-corrected chi connectivity index (χ4v) is 3.37. The molecule has 2 rings (SSSR count). The van der Waals surface area contributed by atoms with Crippen molar-refractivity contribution in [1.82, 2.24) is 4.57 Å². The summed E-state index contributed by atoms with van der Waals surface area (Å²) in [5, 5.41) is 10.3. The molecule has 0 amide bonds. The van der Waals surface area contributed by atoms with Crippen molar-refractivity contribution in [2.24, 2.45) is 4.99 Å². The number of unbranched alkanes of at least 4 members (excludes halogenated alkanes) is 2. The molecule has 4 nitrogen and oxygen atoms in total. The summed E-state index contributed by atoms with van der Waals surface area (Å²) in [4.78, 5) is 5.09. The van der Waals surface area contributed by atoms with Crippen LogP contribution in [0.1, 0.15) is 38.0 Å². The van der Waals surface area contributed by atoms with Crippen LogP contribution >= 0.6 is 23.6 Å². The smallest absolute Gasteiger partial charge is 0.212 e. The Labute approximate surface area is 146 Å². The number of hydrogen-bond donors (Lipinski definition) is 1. The van der Waals surface area contributed by atoms with E-state index in [1.54, 1.807) is 10.8 Å². The van der Waals surface area contributed by atoms with Crippen LogP contribution in [0.4, 0.5) is 5.69 Å². The minimum Gasteiger partial charge on any atom is -0.494 e. The van der Waals surface area contributed by atoms with Gasteiger partial charge in [0.1, 0.15) is 10.6 Å². The standard InChI is InChI=1S/C17H22N2O2S2/c1-3-5-6-11-19-16(20)15(23-17(19)22)12-18-13-7-9-14(10-8-13)21-4-2/h7-10,12,20H,3-6,11H2,1-2H3. The van der Waals surface area contributed by atoms with Crippen LogP contribution < -0.4 is 4.74 Å². The molecule has 0 spiro atoms. The van der Waals surface area contributed by atoms with Crippen molar-refractivity contribution in [3.63, 3.8) is 0 Å². The third-order valence-corrected chi connectivity index (χ3v) is 4.73. The van der Waals surface area contributed by atoms with Crippen molar-refractivity contribution in [2.45, 2.75) is 39.7 Å². The van der Waals surface area contributed by atoms with E-state index in [0.717, 1.165) is 37.2 Å². The van der Waals surface area contributed by atoms with Gasteiger partial charge >= 0.3 is 0 Å². The summed E-state index contributed by atoms with van der Waals surface area (Å²) in [6, 6.07) is 7.54. The lowest BCUT2D eigenvalue weighted by Gasteiger charge is -2.03. The zero-order chi connectivity index (χ0) is 16.7. The summed E-state index contributed by atoms with van der Waals surface area (Å²) in [5.74, 6) is 1.04. The highest BCUT2D eigenvalue weighted by Gasteiger charge is 2.09. The van der Waals surface area contributed by atoms with Crippen LogP contribution in [0.25, 0.3) is 0 Å². The molecule has 1 aromatic heterocycles. The number of ether oxygens (including phenoxy) is 1. The molecule has 6 heteroatoms. The predicted octanol–water partition coefficient (Wildman–Crippen LogP) is 5.32. The molecule has 1 N–H and O–H groups in total. The van der Waals surface area contributed by atoms with Crippen LogP contribution in [-0.4, -0.2) is 22.5 Å². The Bertz CT molecular complexity index is 702. The second-order valence-electron chi connectivity index (χ2n) is 5.10. The van der Waals surface area contributed by atoms with Crippen molar-refractivity contribution in [2.75, 3.05) is 6.61 Å². The summed E-state index contributed by atoms with van der Waals surface area (Å²) in [6.07, 6.45) is 4.96. The largest absolute Gasteiger partial charge is 0.494 e. The fourth-order valence-electron chi connectivity index (χ4n) is 2.14. The predicted molar refractivity (Wildman–Crippen MR) is 99.2 cm³/mol. The monoisotopic (exact) mass is 350 g/mol. The Hall–Kier alpha value is -1.66. The van der Waals surface area contributed by atoms with E-state index in [-0.39, 0.29) is 5.88 Å². The van der Waals surface area contributed by atoms with Crippen LogP contribution in [0.2, 0.25) is 0 Å². The van der Waals surface area contributed by atoms with Crippen molar-refractivity contribution in [3.05, 3.63) is 33.1 Å². The molecule has 23 heavy (non-hydrogen) atoms. The van der Waals surface area contributed by atoms with Gasteiger partial charge in [0.15, 0.2) is 3.95 Å². The molecule has 0 radical (unpaired) electrons. The molecule has 1 heterocycles. The third kappa shape index (κ3) is 4.91. The molecular formula is C17H22N2O2S2. The van der Waals surface area contributed by atoms with E-state index in [1.165, 1.54) is 11.3 Å². The molecule has 0 aliphatic carbocycles. The Morgan fingerprint density at radius 3 is 2.65 bits per heavy atom. The lowest BCUT2D eigenvalue weighted by atomic mass is 10.2. The van der Waals surface area contributed by atoms with E-state index in [2.05, 4.69) is 11.9 Å². The Kier molecular flexibility index (Phi) is 6.80. The van der Waals surface area contributed by atoms with Gasteiger partial charge in [0.05, 0.1) is 18.5 Å². The molecule has 0 saturated heterocycles. The van der Waals surface area contributed by atoms with E-state index in [9.17, 15) is 5.11 Å². The lowest BCUT2D eigenvalue weighted by Crippen LogP contribution is -1.97. The zero-order valence-electron chi connectivity index (χ0n) is 13.5. The highest BCUT2D eigenvalue weighted by Crippen LogP contribution is 2.26. The first-order valence-electron chi connectivity index (χ1n) is 7.85. The summed E-state index contributed by atoms with van der Waals surface area (Å²) < 4.78 is 7.88. The van der Waals surface area contributed by atoms with Gasteiger partial charge in [0.2, 0.25) is 5.88 Å². The maximum Gasteiger partial charge on any atom is 0.212 e. The average Bonchev–Trinajstić information content (AvgIpc) is 2.82. The van der Waals surface area contributed by atoms with Crippen molar-refractivity contribution in [1.29, 1.82) is 0 Å². The summed E-state index contributed by atoms with van der Waals surface area (Å²) in [7, 11) is 0. The van der Waals surface area contributed by atoms with E-state index in [1.807, 2.05) is 31.2 Å². The molecule has 0 aliphatic heterocycles. The Morgan fingerprint density at radius 2 is 2.00 bits per heavy atom. The maximum absolute atomic E-state index is 10.3. The van der Waals surface area contributed by atoms with Gasteiger partial charge in [-0.05, 0) is 49.8 Å². The third-order valence-electron chi connectivity index (χ3n) is 3.36. The van der Waals surface area contributed by atoms with Gasteiger partial charge in [-0.1, -0.05) is 31.1 Å². The fraction of sp³-hybridized carbons (Fsp3) is 0.412. The molecule has 0 aliphatic rings. The van der Waals surface area contributed by atoms with Gasteiger partial charge in [-0.3, -0.25) is 9.56 Å². The minimum atomic E-state index is 0.214. The first kappa shape index (κ1) is 17.7. The van der Waals surface area contributed by atoms with Crippen molar-refractivity contribution in [3.8, 4) is 11.6 Å². The van der Waals surface area contributed by atoms with Gasteiger partial charge in [0.25, 0.3) is 0 Å². The highest BCUT2D eigenvalue weighted by atomic mass is 32.1. The topological polar surface area (TPSA) is 46.8 Å². The zero-order valence-corrected chi connectivity index (χ0v) is 15.1. The van der Waals surface area contributed by atoms with E-state index >= 15 is 0 Å². The quantitative estimate of drug-likeness (QED) is 0.398. The molecule has 0 fully saturated rings. The van der Waals surface area contributed by atoms with Crippen LogP contribution in [0, 0.1) is 3.95 Å². The SMILES string of the molecule is CCCCCn1c(O)c(C=Nc2ccc(OCC)cc2)sc1=S. The molecule has 2 aromatic rings. The van der Waals surface area contributed by atoms with Gasteiger partial charge in [-0.25, -0.2) is 0 Å². The molecule has 1 aromatic carbocycles. The number of benzene rings is 1. The molecule has 0 bridgehead atoms. The van der Waals surface area contributed by atoms with E-state index < -0.39 is 0 Å². The lowest BCUT2D eigenvalue weighted by molar-refractivity contribution is 0.340. The molecule has 124 valence electrons. The van der Waals surface area contributed by atoms with Crippen LogP contribution in [0.3, 0.4) is 0 Å². The van der Waals surface area contributed by atoms with Crippen molar-refractivity contribution >= 4 is 35.5 Å². The molecule has 0 atom stereocenters. The summed E-state index contributed by atoms with van der Waals surface area (Å²) in [5.41, 5.74) is 0.810. The minimum absolute atomic E-state index is 0.214. The number of thiazole rings is 1.